The summed E-state index contributed by atoms with van der Waals surface area (Å²) >= 11 is 0. The van der Waals surface area contributed by atoms with Gasteiger partial charge in [0, 0.05) is 18.6 Å². The van der Waals surface area contributed by atoms with Crippen molar-refractivity contribution in [3.8, 4) is 0 Å². The highest BCUT2D eigenvalue weighted by Crippen LogP contribution is 2.43. The van der Waals surface area contributed by atoms with Gasteiger partial charge in [0.05, 0.1) is 12.6 Å². The van der Waals surface area contributed by atoms with E-state index in [9.17, 15) is 15.0 Å². The molecule has 0 bridgehead atoms. The normalized spacial score (nSPS) is 28.7. The minimum absolute atomic E-state index is 0.0481. The maximum absolute atomic E-state index is 12.6. The molecule has 21 heavy (non-hydrogen) atoms. The smallest absolute Gasteiger partial charge is 0.223 e. The summed E-state index contributed by atoms with van der Waals surface area (Å²) in [5.74, 6) is 0.107. The molecule has 1 aliphatic rings. The maximum atomic E-state index is 12.6. The van der Waals surface area contributed by atoms with Gasteiger partial charge in [-0.3, -0.25) is 4.79 Å². The van der Waals surface area contributed by atoms with Crippen LogP contribution in [-0.4, -0.2) is 52.4 Å². The van der Waals surface area contributed by atoms with E-state index < -0.39 is 0 Å². The zero-order chi connectivity index (χ0) is 16.1. The molecule has 1 saturated heterocycles. The summed E-state index contributed by atoms with van der Waals surface area (Å²) in [7, 11) is 0. The number of unbranched alkanes of at least 4 members (excludes halogenated alkanes) is 2. The molecule has 1 heterocycles. The second-order valence-electron chi connectivity index (χ2n) is 7.36. The number of rotatable bonds is 7. The highest BCUT2D eigenvalue weighted by atomic mass is 16.3. The molecule has 2 atom stereocenters. The SMILES string of the molecule is CC1(CO)CC(CO)N(C(=O)CCCCCN)C(C)(C)C1. The lowest BCUT2D eigenvalue weighted by molar-refractivity contribution is -0.152. The Morgan fingerprint density at radius 1 is 1.24 bits per heavy atom. The highest BCUT2D eigenvalue weighted by molar-refractivity contribution is 5.77. The van der Waals surface area contributed by atoms with Crippen LogP contribution in [-0.2, 0) is 4.79 Å². The molecule has 4 N–H and O–H groups in total. The van der Waals surface area contributed by atoms with E-state index in [0.717, 1.165) is 25.7 Å². The third kappa shape index (κ3) is 4.66. The summed E-state index contributed by atoms with van der Waals surface area (Å²) in [6.45, 7) is 6.79. The van der Waals surface area contributed by atoms with E-state index in [0.29, 0.717) is 19.4 Å². The quantitative estimate of drug-likeness (QED) is 0.618. The Hall–Kier alpha value is -0.650. The second-order valence-corrected chi connectivity index (χ2v) is 7.36. The third-order valence-corrected chi connectivity index (χ3v) is 4.56. The van der Waals surface area contributed by atoms with Crippen LogP contribution in [0.2, 0.25) is 0 Å². The first-order valence-corrected chi connectivity index (χ1v) is 8.03. The van der Waals surface area contributed by atoms with Crippen molar-refractivity contribution in [2.45, 2.75) is 70.9 Å². The van der Waals surface area contributed by atoms with Crippen molar-refractivity contribution in [3.63, 3.8) is 0 Å². The molecule has 0 aliphatic carbocycles. The number of aliphatic hydroxyl groups is 2. The molecule has 0 aromatic rings. The van der Waals surface area contributed by atoms with Gasteiger partial charge in [-0.15, -0.1) is 0 Å². The van der Waals surface area contributed by atoms with E-state index in [4.69, 9.17) is 5.73 Å². The second kappa shape index (κ2) is 7.56. The summed E-state index contributed by atoms with van der Waals surface area (Å²) in [6.07, 6.45) is 4.67. The molecule has 5 heteroatoms. The van der Waals surface area contributed by atoms with Gasteiger partial charge in [-0.05, 0) is 51.5 Å². The van der Waals surface area contributed by atoms with Crippen molar-refractivity contribution in [1.29, 1.82) is 0 Å². The van der Waals surface area contributed by atoms with Crippen molar-refractivity contribution in [3.05, 3.63) is 0 Å². The molecular weight excluding hydrogens is 268 g/mol. The number of nitrogens with zero attached hydrogens (tertiary/aromatic N) is 1. The first kappa shape index (κ1) is 18.4. The van der Waals surface area contributed by atoms with Crippen molar-refractivity contribution in [2.24, 2.45) is 11.1 Å². The van der Waals surface area contributed by atoms with Gasteiger partial charge in [0.1, 0.15) is 0 Å². The van der Waals surface area contributed by atoms with Crippen LogP contribution in [0.25, 0.3) is 0 Å². The summed E-state index contributed by atoms with van der Waals surface area (Å²) < 4.78 is 0. The molecule has 0 spiro atoms. The third-order valence-electron chi connectivity index (χ3n) is 4.56. The predicted molar refractivity (Wildman–Crippen MR) is 83.7 cm³/mol. The molecule has 2 unspecified atom stereocenters. The van der Waals surface area contributed by atoms with Crippen LogP contribution >= 0.6 is 0 Å². The molecule has 124 valence electrons. The van der Waals surface area contributed by atoms with Crippen LogP contribution in [0.15, 0.2) is 0 Å². The Morgan fingerprint density at radius 2 is 1.90 bits per heavy atom. The van der Waals surface area contributed by atoms with Crippen LogP contribution in [0.1, 0.15) is 59.3 Å². The molecule has 5 nitrogen and oxygen atoms in total. The summed E-state index contributed by atoms with van der Waals surface area (Å²) in [5, 5.41) is 19.3. The van der Waals surface area contributed by atoms with Crippen molar-refractivity contribution in [1.82, 2.24) is 4.90 Å². The fourth-order valence-corrected chi connectivity index (χ4v) is 3.88. The van der Waals surface area contributed by atoms with E-state index in [1.807, 2.05) is 25.7 Å². The molecule has 1 amide bonds. The van der Waals surface area contributed by atoms with Gasteiger partial charge in [0.15, 0.2) is 0 Å². The molecule has 1 aliphatic heterocycles. The lowest BCUT2D eigenvalue weighted by Gasteiger charge is -2.54. The largest absolute Gasteiger partial charge is 0.396 e. The van der Waals surface area contributed by atoms with E-state index in [-0.39, 0.29) is 36.1 Å². The van der Waals surface area contributed by atoms with Crippen molar-refractivity contribution in [2.75, 3.05) is 19.8 Å². The molecule has 1 fully saturated rings. The first-order chi connectivity index (χ1) is 9.79. The van der Waals surface area contributed by atoms with E-state index in [2.05, 4.69) is 0 Å². The lowest BCUT2D eigenvalue weighted by Crippen LogP contribution is -2.61. The number of piperidine rings is 1. The standard InChI is InChI=1S/C16H32N2O3/c1-15(2)11-16(3,12-20)9-13(10-19)18(15)14(21)7-5-4-6-8-17/h13,19-20H,4-12,17H2,1-3H3. The first-order valence-electron chi connectivity index (χ1n) is 8.03. The number of nitrogens with two attached hydrogens (primary N) is 1. The van der Waals surface area contributed by atoms with Crippen molar-refractivity contribution < 1.29 is 15.0 Å². The van der Waals surface area contributed by atoms with Gasteiger partial charge in [-0.1, -0.05) is 13.3 Å². The molecule has 0 radical (unpaired) electrons. The number of hydrogen-bond acceptors (Lipinski definition) is 4. The zero-order valence-corrected chi connectivity index (χ0v) is 13.8. The summed E-state index contributed by atoms with van der Waals surface area (Å²) in [6, 6.07) is -0.201. The minimum Gasteiger partial charge on any atom is -0.396 e. The van der Waals surface area contributed by atoms with E-state index in [1.54, 1.807) is 0 Å². The number of carbonyl (C=O) groups is 1. The van der Waals surface area contributed by atoms with Gasteiger partial charge in [-0.2, -0.15) is 0 Å². The zero-order valence-electron chi connectivity index (χ0n) is 13.8. The van der Waals surface area contributed by atoms with Gasteiger partial charge < -0.3 is 20.8 Å². The number of likely N-dealkylation sites (tertiary alicyclic amines) is 1. The fraction of sp³-hybridized carbons (Fsp3) is 0.938. The van der Waals surface area contributed by atoms with Gasteiger partial charge in [0.2, 0.25) is 5.91 Å². The van der Waals surface area contributed by atoms with Crippen molar-refractivity contribution >= 4 is 5.91 Å². The fourth-order valence-electron chi connectivity index (χ4n) is 3.88. The van der Waals surface area contributed by atoms with E-state index >= 15 is 0 Å². The molecular formula is C16H32N2O3. The molecule has 0 aromatic carbocycles. The summed E-state index contributed by atoms with van der Waals surface area (Å²) in [5.41, 5.74) is 4.90. The average Bonchev–Trinajstić information content (AvgIpc) is 2.41. The highest BCUT2D eigenvalue weighted by Gasteiger charge is 2.47. The predicted octanol–water partition coefficient (Wildman–Crippen LogP) is 1.27. The van der Waals surface area contributed by atoms with Crippen LogP contribution in [0.5, 0.6) is 0 Å². The Bertz CT molecular complexity index is 346. The Labute approximate surface area is 128 Å². The van der Waals surface area contributed by atoms with Crippen LogP contribution < -0.4 is 5.73 Å². The Morgan fingerprint density at radius 3 is 2.43 bits per heavy atom. The topological polar surface area (TPSA) is 86.8 Å². The summed E-state index contributed by atoms with van der Waals surface area (Å²) in [4.78, 5) is 14.4. The lowest BCUT2D eigenvalue weighted by atomic mass is 9.69. The van der Waals surface area contributed by atoms with Gasteiger partial charge >= 0.3 is 0 Å². The Balaban J connectivity index is 2.76. The molecule has 1 rings (SSSR count). The molecule has 0 saturated carbocycles. The molecule has 0 aromatic heterocycles. The number of carbonyl (C=O) groups excluding carboxylic acids is 1. The Kier molecular flexibility index (Phi) is 6.63. The number of amides is 1. The van der Waals surface area contributed by atoms with Crippen LogP contribution in [0, 0.1) is 5.41 Å². The average molecular weight is 300 g/mol. The van der Waals surface area contributed by atoms with Gasteiger partial charge in [0.25, 0.3) is 0 Å². The minimum atomic E-state index is -0.339. The van der Waals surface area contributed by atoms with Crippen LogP contribution in [0.4, 0.5) is 0 Å². The monoisotopic (exact) mass is 300 g/mol. The van der Waals surface area contributed by atoms with E-state index in [1.165, 1.54) is 0 Å². The number of aliphatic hydroxyl groups excluding tert-OH is 2. The van der Waals surface area contributed by atoms with Crippen LogP contribution in [0.3, 0.4) is 0 Å². The van der Waals surface area contributed by atoms with Gasteiger partial charge in [-0.25, -0.2) is 0 Å². The number of hydrogen-bond donors (Lipinski definition) is 3. The maximum Gasteiger partial charge on any atom is 0.223 e.